The first-order valence-corrected chi connectivity index (χ1v) is 7.49. The van der Waals surface area contributed by atoms with Crippen molar-refractivity contribution in [3.63, 3.8) is 0 Å². The Morgan fingerprint density at radius 1 is 0.812 bits per heavy atom. The topological polar surface area (TPSA) is 20.2 Å². The van der Waals surface area contributed by atoms with Crippen LogP contribution in [0.2, 0.25) is 0 Å². The molecule has 2 heteroatoms. The second-order valence-corrected chi connectivity index (χ2v) is 5.34. The summed E-state index contributed by atoms with van der Waals surface area (Å²) < 4.78 is 0. The lowest BCUT2D eigenvalue weighted by Crippen LogP contribution is -2.01. The van der Waals surface area contributed by atoms with E-state index in [0.717, 1.165) is 12.8 Å². The van der Waals surface area contributed by atoms with Crippen molar-refractivity contribution in [2.24, 2.45) is 0 Å². The summed E-state index contributed by atoms with van der Waals surface area (Å²) in [7, 11) is 0. The van der Waals surface area contributed by atoms with Gasteiger partial charge in [0.05, 0.1) is 0 Å². The van der Waals surface area contributed by atoms with Crippen molar-refractivity contribution in [1.82, 2.24) is 0 Å². The maximum Gasteiger partial charge on any atom is 0.0445 e. The van der Waals surface area contributed by atoms with Crippen molar-refractivity contribution in [2.45, 2.75) is 82.9 Å². The first kappa shape index (κ1) is 16.2. The zero-order valence-electron chi connectivity index (χ0n) is 10.9. The van der Waals surface area contributed by atoms with Crippen LogP contribution in [-0.4, -0.2) is 17.1 Å². The van der Waals surface area contributed by atoms with Crippen LogP contribution in [0.25, 0.3) is 0 Å². The molecule has 1 unspecified atom stereocenters. The molecule has 0 bridgehead atoms. The third-order valence-corrected chi connectivity index (χ3v) is 3.50. The van der Waals surface area contributed by atoms with Gasteiger partial charge in [0.25, 0.3) is 0 Å². The second kappa shape index (κ2) is 13.3. The minimum Gasteiger partial charge on any atom is -0.396 e. The van der Waals surface area contributed by atoms with Gasteiger partial charge in [-0.3, -0.25) is 0 Å². The van der Waals surface area contributed by atoms with E-state index in [1.807, 2.05) is 0 Å². The van der Waals surface area contributed by atoms with E-state index in [1.165, 1.54) is 57.8 Å². The summed E-state index contributed by atoms with van der Waals surface area (Å²) in [5, 5.41) is 8.89. The average Bonchev–Trinajstić information content (AvgIpc) is 2.27. The Bertz CT molecular complexity index is 128. The maximum atomic E-state index is 8.70. The molecule has 0 fully saturated rings. The number of rotatable bonds is 12. The van der Waals surface area contributed by atoms with E-state index in [9.17, 15) is 0 Å². The van der Waals surface area contributed by atoms with E-state index in [4.69, 9.17) is 16.7 Å². The summed E-state index contributed by atoms with van der Waals surface area (Å²) in [5.74, 6) is 0. The van der Waals surface area contributed by atoms with Crippen molar-refractivity contribution in [3.8, 4) is 0 Å². The molecule has 0 aliphatic carbocycles. The Hall–Kier alpha value is 0.250. The monoisotopic (exact) mass is 248 g/mol. The molecule has 0 heterocycles. The van der Waals surface area contributed by atoms with Crippen LogP contribution >= 0.6 is 11.6 Å². The lowest BCUT2D eigenvalue weighted by atomic mass is 10.1. The minimum atomic E-state index is 0.189. The van der Waals surface area contributed by atoms with Crippen molar-refractivity contribution < 1.29 is 5.11 Å². The van der Waals surface area contributed by atoms with Crippen LogP contribution in [0.1, 0.15) is 77.6 Å². The molecule has 0 saturated carbocycles. The highest BCUT2D eigenvalue weighted by Crippen LogP contribution is 2.14. The van der Waals surface area contributed by atoms with Crippen LogP contribution in [0.5, 0.6) is 0 Å². The number of aliphatic hydroxyl groups excluding tert-OH is 1. The summed E-state index contributed by atoms with van der Waals surface area (Å²) >= 11 is 6.02. The van der Waals surface area contributed by atoms with Crippen molar-refractivity contribution in [3.05, 3.63) is 0 Å². The number of unbranched alkanes of at least 4 members (excludes halogenated alkanes) is 8. The van der Waals surface area contributed by atoms with Crippen LogP contribution in [0, 0.1) is 0 Å². The molecule has 1 atom stereocenters. The smallest absolute Gasteiger partial charge is 0.0445 e. The van der Waals surface area contributed by atoms with E-state index in [2.05, 4.69) is 6.92 Å². The number of aliphatic hydroxyl groups is 1. The van der Waals surface area contributed by atoms with Gasteiger partial charge in [-0.25, -0.2) is 0 Å². The maximum absolute atomic E-state index is 8.70. The van der Waals surface area contributed by atoms with Crippen LogP contribution in [0.4, 0.5) is 0 Å². The van der Waals surface area contributed by atoms with Crippen LogP contribution in [0.15, 0.2) is 0 Å². The number of alkyl halides is 1. The highest BCUT2D eigenvalue weighted by molar-refractivity contribution is 6.20. The predicted octanol–water partition coefficient (Wildman–Crippen LogP) is 4.90. The fourth-order valence-corrected chi connectivity index (χ4v) is 2.21. The average molecular weight is 249 g/mol. The SMILES string of the molecule is CCCCCCCCCCCC(Cl)CCO. The Balaban J connectivity index is 2.98. The first-order chi connectivity index (χ1) is 7.81. The van der Waals surface area contributed by atoms with Gasteiger partial charge in [0.1, 0.15) is 0 Å². The molecule has 0 aromatic heterocycles. The normalized spacial score (nSPS) is 12.9. The molecule has 0 rings (SSSR count). The van der Waals surface area contributed by atoms with Crippen molar-refractivity contribution >= 4 is 11.6 Å². The summed E-state index contributed by atoms with van der Waals surface area (Å²) in [5.41, 5.74) is 0. The molecule has 1 N–H and O–H groups in total. The molecular formula is C14H29ClO. The Morgan fingerprint density at radius 2 is 1.31 bits per heavy atom. The zero-order valence-corrected chi connectivity index (χ0v) is 11.6. The van der Waals surface area contributed by atoms with Gasteiger partial charge in [0, 0.05) is 12.0 Å². The fourth-order valence-electron chi connectivity index (χ4n) is 1.96. The standard InChI is InChI=1S/C14H29ClO/c1-2-3-4-5-6-7-8-9-10-11-14(15)12-13-16/h14,16H,2-13H2,1H3. The molecule has 0 saturated heterocycles. The third-order valence-electron chi connectivity index (χ3n) is 3.06. The predicted molar refractivity (Wildman–Crippen MR) is 73.2 cm³/mol. The molecule has 0 aliphatic heterocycles. The number of hydrogen-bond acceptors (Lipinski definition) is 1. The van der Waals surface area contributed by atoms with Gasteiger partial charge in [0.2, 0.25) is 0 Å². The lowest BCUT2D eigenvalue weighted by Gasteiger charge is -2.06. The van der Waals surface area contributed by atoms with Gasteiger partial charge in [-0.2, -0.15) is 0 Å². The quantitative estimate of drug-likeness (QED) is 0.385. The summed E-state index contributed by atoms with van der Waals surface area (Å²) in [6, 6.07) is 0. The zero-order chi connectivity index (χ0) is 12.1. The van der Waals surface area contributed by atoms with E-state index >= 15 is 0 Å². The largest absolute Gasteiger partial charge is 0.396 e. The molecule has 98 valence electrons. The van der Waals surface area contributed by atoms with Crippen LogP contribution < -0.4 is 0 Å². The minimum absolute atomic E-state index is 0.189. The summed E-state index contributed by atoms with van der Waals surface area (Å²) in [4.78, 5) is 0. The fraction of sp³-hybridized carbons (Fsp3) is 1.00. The lowest BCUT2D eigenvalue weighted by molar-refractivity contribution is 0.283. The van der Waals surface area contributed by atoms with Gasteiger partial charge in [-0.15, -0.1) is 11.6 Å². The van der Waals surface area contributed by atoms with Gasteiger partial charge < -0.3 is 5.11 Å². The van der Waals surface area contributed by atoms with E-state index in [1.54, 1.807) is 0 Å². The van der Waals surface area contributed by atoms with Crippen LogP contribution in [0.3, 0.4) is 0 Å². The first-order valence-electron chi connectivity index (χ1n) is 7.06. The van der Waals surface area contributed by atoms with Gasteiger partial charge in [-0.05, 0) is 12.8 Å². The van der Waals surface area contributed by atoms with Gasteiger partial charge in [0.15, 0.2) is 0 Å². The molecule has 0 aromatic carbocycles. The number of hydrogen-bond donors (Lipinski definition) is 1. The van der Waals surface area contributed by atoms with E-state index in [-0.39, 0.29) is 12.0 Å². The molecule has 0 aromatic rings. The second-order valence-electron chi connectivity index (χ2n) is 4.73. The third kappa shape index (κ3) is 12.3. The molecule has 0 spiro atoms. The molecule has 1 nitrogen and oxygen atoms in total. The number of halogens is 1. The Morgan fingerprint density at radius 3 is 1.81 bits per heavy atom. The summed E-state index contributed by atoms with van der Waals surface area (Å²) in [6.45, 7) is 2.49. The van der Waals surface area contributed by atoms with Gasteiger partial charge in [-0.1, -0.05) is 64.7 Å². The highest BCUT2D eigenvalue weighted by Gasteiger charge is 2.02. The van der Waals surface area contributed by atoms with Crippen molar-refractivity contribution in [1.29, 1.82) is 0 Å². The molecule has 0 amide bonds. The van der Waals surface area contributed by atoms with Gasteiger partial charge >= 0.3 is 0 Å². The summed E-state index contributed by atoms with van der Waals surface area (Å²) in [6.07, 6.45) is 14.1. The molecular weight excluding hydrogens is 220 g/mol. The molecule has 16 heavy (non-hydrogen) atoms. The van der Waals surface area contributed by atoms with E-state index < -0.39 is 0 Å². The van der Waals surface area contributed by atoms with E-state index in [0.29, 0.717) is 0 Å². The molecule has 0 radical (unpaired) electrons. The van der Waals surface area contributed by atoms with Crippen molar-refractivity contribution in [2.75, 3.05) is 6.61 Å². The van der Waals surface area contributed by atoms with Crippen LogP contribution in [-0.2, 0) is 0 Å². The Kier molecular flexibility index (Phi) is 13.5. The molecule has 0 aliphatic rings. The highest BCUT2D eigenvalue weighted by atomic mass is 35.5. The Labute approximate surface area is 107 Å².